The van der Waals surface area contributed by atoms with Crippen LogP contribution in [0.1, 0.15) is 30.2 Å². The minimum absolute atomic E-state index is 0.160. The standard InChI is InChI=1S/C19H21N3S/c1-14(2)20-19-22(3)21-17(15-10-6-4-7-11-15)18(23-19)16-12-8-5-9-13-16/h4-14,18H,1-3H3. The molecule has 23 heavy (non-hydrogen) atoms. The molecule has 118 valence electrons. The number of amidine groups is 1. The van der Waals surface area contributed by atoms with Crippen LogP contribution in [0.15, 0.2) is 70.8 Å². The highest BCUT2D eigenvalue weighted by atomic mass is 32.2. The Kier molecular flexibility index (Phi) is 4.82. The Bertz CT molecular complexity index is 708. The van der Waals surface area contributed by atoms with Gasteiger partial charge in [0.25, 0.3) is 0 Å². The van der Waals surface area contributed by atoms with Crippen LogP contribution < -0.4 is 0 Å². The van der Waals surface area contributed by atoms with E-state index in [0.29, 0.717) is 0 Å². The Labute approximate surface area is 142 Å². The van der Waals surface area contributed by atoms with Crippen molar-refractivity contribution in [2.24, 2.45) is 10.1 Å². The summed E-state index contributed by atoms with van der Waals surface area (Å²) in [5.74, 6) is 0. The number of hydrogen-bond acceptors (Lipinski definition) is 3. The van der Waals surface area contributed by atoms with Crippen LogP contribution in [0.3, 0.4) is 0 Å². The van der Waals surface area contributed by atoms with Crippen molar-refractivity contribution in [1.82, 2.24) is 5.01 Å². The molecule has 1 atom stereocenters. The first-order valence-electron chi connectivity index (χ1n) is 7.82. The van der Waals surface area contributed by atoms with Crippen LogP contribution in [0.25, 0.3) is 0 Å². The van der Waals surface area contributed by atoms with Gasteiger partial charge in [-0.15, -0.1) is 0 Å². The molecule has 1 unspecified atom stereocenters. The number of rotatable bonds is 3. The summed E-state index contributed by atoms with van der Waals surface area (Å²) in [7, 11) is 1.97. The van der Waals surface area contributed by atoms with Gasteiger partial charge in [-0.1, -0.05) is 72.4 Å². The molecule has 0 fully saturated rings. The fourth-order valence-corrected chi connectivity index (χ4v) is 3.76. The Morgan fingerprint density at radius 3 is 2.22 bits per heavy atom. The number of aliphatic imine (C=N–C) groups is 1. The molecule has 3 rings (SSSR count). The SMILES string of the molecule is CC(C)N=C1SC(c2ccccc2)C(c2ccccc2)=NN1C. The molecule has 0 saturated carbocycles. The highest BCUT2D eigenvalue weighted by Gasteiger charge is 2.29. The molecular formula is C19H21N3S. The van der Waals surface area contributed by atoms with Crippen LogP contribution in [0.5, 0.6) is 0 Å². The lowest BCUT2D eigenvalue weighted by Crippen LogP contribution is -2.30. The summed E-state index contributed by atoms with van der Waals surface area (Å²) in [4.78, 5) is 4.72. The number of hydrazone groups is 1. The van der Waals surface area contributed by atoms with Gasteiger partial charge in [0.2, 0.25) is 0 Å². The van der Waals surface area contributed by atoms with E-state index >= 15 is 0 Å². The van der Waals surface area contributed by atoms with E-state index < -0.39 is 0 Å². The molecule has 0 aromatic heterocycles. The Morgan fingerprint density at radius 1 is 1.00 bits per heavy atom. The van der Waals surface area contributed by atoms with Crippen LogP contribution in [0.2, 0.25) is 0 Å². The van der Waals surface area contributed by atoms with Crippen molar-refractivity contribution >= 4 is 22.6 Å². The summed E-state index contributed by atoms with van der Waals surface area (Å²) in [5.41, 5.74) is 3.49. The van der Waals surface area contributed by atoms with Crippen molar-refractivity contribution in [2.45, 2.75) is 25.1 Å². The van der Waals surface area contributed by atoms with Gasteiger partial charge in [0, 0.05) is 13.1 Å². The normalized spacial score (nSPS) is 20.0. The maximum absolute atomic E-state index is 4.84. The Hall–Kier alpha value is -2.07. The monoisotopic (exact) mass is 323 g/mol. The minimum atomic E-state index is 0.160. The molecule has 0 N–H and O–H groups in total. The van der Waals surface area contributed by atoms with E-state index in [0.717, 1.165) is 16.4 Å². The molecule has 0 aliphatic carbocycles. The Balaban J connectivity index is 2.07. The molecule has 0 radical (unpaired) electrons. The fourth-order valence-electron chi connectivity index (χ4n) is 2.50. The predicted octanol–water partition coefficient (Wildman–Crippen LogP) is 4.58. The van der Waals surface area contributed by atoms with Crippen LogP contribution in [0.4, 0.5) is 0 Å². The molecule has 2 aromatic carbocycles. The summed E-state index contributed by atoms with van der Waals surface area (Å²) in [6, 6.07) is 21.2. The van der Waals surface area contributed by atoms with Crippen LogP contribution in [-0.2, 0) is 0 Å². The average molecular weight is 323 g/mol. The highest BCUT2D eigenvalue weighted by molar-refractivity contribution is 8.14. The van der Waals surface area contributed by atoms with Gasteiger partial charge in [0.1, 0.15) is 0 Å². The van der Waals surface area contributed by atoms with Crippen LogP contribution in [0, 0.1) is 0 Å². The van der Waals surface area contributed by atoms with E-state index in [1.54, 1.807) is 11.8 Å². The van der Waals surface area contributed by atoms with Gasteiger partial charge in [-0.2, -0.15) is 5.10 Å². The largest absolute Gasteiger partial charge is 0.258 e. The second-order valence-electron chi connectivity index (χ2n) is 5.79. The lowest BCUT2D eigenvalue weighted by atomic mass is 10.0. The van der Waals surface area contributed by atoms with E-state index in [2.05, 4.69) is 62.4 Å². The zero-order valence-electron chi connectivity index (χ0n) is 13.7. The van der Waals surface area contributed by atoms with Crippen LogP contribution in [-0.4, -0.2) is 29.0 Å². The topological polar surface area (TPSA) is 28.0 Å². The van der Waals surface area contributed by atoms with E-state index in [4.69, 9.17) is 10.1 Å². The number of thioether (sulfide) groups is 1. The molecule has 1 aliphatic rings. The molecule has 1 aliphatic heterocycles. The molecule has 1 heterocycles. The number of benzene rings is 2. The predicted molar refractivity (Wildman–Crippen MR) is 100 cm³/mol. The lowest BCUT2D eigenvalue weighted by molar-refractivity contribution is 0.544. The smallest absolute Gasteiger partial charge is 0.180 e. The van der Waals surface area contributed by atoms with E-state index in [9.17, 15) is 0 Å². The summed E-state index contributed by atoms with van der Waals surface area (Å²) < 4.78 is 0. The third-order valence-corrected chi connectivity index (χ3v) is 4.86. The highest BCUT2D eigenvalue weighted by Crippen LogP contribution is 2.38. The first kappa shape index (κ1) is 15.8. The van der Waals surface area contributed by atoms with Crippen molar-refractivity contribution in [3.8, 4) is 0 Å². The van der Waals surface area contributed by atoms with Crippen molar-refractivity contribution in [2.75, 3.05) is 7.05 Å². The van der Waals surface area contributed by atoms with Gasteiger partial charge in [0.15, 0.2) is 5.17 Å². The van der Waals surface area contributed by atoms with Crippen molar-refractivity contribution in [1.29, 1.82) is 0 Å². The maximum Gasteiger partial charge on any atom is 0.180 e. The summed E-state index contributed by atoms with van der Waals surface area (Å²) in [6.45, 7) is 4.19. The Morgan fingerprint density at radius 2 is 1.61 bits per heavy atom. The van der Waals surface area contributed by atoms with Crippen molar-refractivity contribution in [3.63, 3.8) is 0 Å². The van der Waals surface area contributed by atoms with Gasteiger partial charge < -0.3 is 0 Å². The molecular weight excluding hydrogens is 302 g/mol. The van der Waals surface area contributed by atoms with Crippen LogP contribution >= 0.6 is 11.8 Å². The molecule has 2 aromatic rings. The van der Waals surface area contributed by atoms with Gasteiger partial charge >= 0.3 is 0 Å². The first-order valence-corrected chi connectivity index (χ1v) is 8.70. The fraction of sp³-hybridized carbons (Fsp3) is 0.263. The minimum Gasteiger partial charge on any atom is -0.258 e. The molecule has 3 nitrogen and oxygen atoms in total. The zero-order chi connectivity index (χ0) is 16.2. The summed E-state index contributed by atoms with van der Waals surface area (Å²) in [5, 5.41) is 7.86. The molecule has 0 spiro atoms. The van der Waals surface area contributed by atoms with E-state index in [1.165, 1.54) is 5.56 Å². The van der Waals surface area contributed by atoms with Crippen molar-refractivity contribution in [3.05, 3.63) is 71.8 Å². The second kappa shape index (κ2) is 7.01. The van der Waals surface area contributed by atoms with E-state index in [1.807, 2.05) is 24.2 Å². The molecule has 0 amide bonds. The second-order valence-corrected chi connectivity index (χ2v) is 6.86. The van der Waals surface area contributed by atoms with Gasteiger partial charge in [0.05, 0.1) is 11.0 Å². The summed E-state index contributed by atoms with van der Waals surface area (Å²) in [6.07, 6.45) is 0. The number of nitrogens with zero attached hydrogens (tertiary/aromatic N) is 3. The third kappa shape index (κ3) is 3.64. The van der Waals surface area contributed by atoms with Crippen molar-refractivity contribution < 1.29 is 0 Å². The van der Waals surface area contributed by atoms with Gasteiger partial charge in [-0.05, 0) is 25.0 Å². The molecule has 4 heteroatoms. The quantitative estimate of drug-likeness (QED) is 0.827. The van der Waals surface area contributed by atoms with Gasteiger partial charge in [-0.3, -0.25) is 4.99 Å². The maximum atomic E-state index is 4.84. The first-order chi connectivity index (χ1) is 11.1. The summed E-state index contributed by atoms with van der Waals surface area (Å²) >= 11 is 1.77. The zero-order valence-corrected chi connectivity index (χ0v) is 14.5. The van der Waals surface area contributed by atoms with E-state index in [-0.39, 0.29) is 11.3 Å². The number of hydrogen-bond donors (Lipinski definition) is 0. The lowest BCUT2D eigenvalue weighted by Gasteiger charge is -2.30. The van der Waals surface area contributed by atoms with Gasteiger partial charge in [-0.25, -0.2) is 5.01 Å². The average Bonchev–Trinajstić information content (AvgIpc) is 2.57. The molecule has 0 saturated heterocycles. The molecule has 0 bridgehead atoms. The third-order valence-electron chi connectivity index (χ3n) is 3.55.